The number of hydrogen-bond acceptors (Lipinski definition) is 3. The predicted octanol–water partition coefficient (Wildman–Crippen LogP) is 2.26. The maximum atomic E-state index is 13.1. The lowest BCUT2D eigenvalue weighted by atomic mass is 9.94. The van der Waals surface area contributed by atoms with E-state index in [4.69, 9.17) is 0 Å². The number of piperazine rings is 1. The average molecular weight is 370 g/mol. The standard InChI is InChI=1S/C22H31N3O2/c1-18-7-5-6-12-25(18)20(26)17-23-13-15-24(16-14-23)21(27)22(10-11-22)19-8-3-2-4-9-19/h2-4,8-9,18H,5-7,10-17H2,1H3. The van der Waals surface area contributed by atoms with Crippen LogP contribution in [0.1, 0.15) is 44.6 Å². The van der Waals surface area contributed by atoms with Crippen LogP contribution in [0.5, 0.6) is 0 Å². The van der Waals surface area contributed by atoms with Crippen molar-refractivity contribution < 1.29 is 9.59 Å². The van der Waals surface area contributed by atoms with Crippen molar-refractivity contribution in [2.45, 2.75) is 50.5 Å². The first-order valence-corrected chi connectivity index (χ1v) is 10.5. The number of piperidine rings is 1. The van der Waals surface area contributed by atoms with E-state index in [9.17, 15) is 9.59 Å². The number of benzene rings is 1. The summed E-state index contributed by atoms with van der Waals surface area (Å²) in [6.07, 6.45) is 5.40. The third-order valence-electron chi connectivity index (χ3n) is 6.63. The van der Waals surface area contributed by atoms with E-state index in [2.05, 4.69) is 28.9 Å². The minimum absolute atomic E-state index is 0.255. The number of rotatable bonds is 4. The van der Waals surface area contributed by atoms with Gasteiger partial charge in [0.05, 0.1) is 12.0 Å². The molecule has 2 heterocycles. The van der Waals surface area contributed by atoms with Crippen LogP contribution in [0.15, 0.2) is 30.3 Å². The van der Waals surface area contributed by atoms with Crippen LogP contribution in [-0.4, -0.2) is 71.8 Å². The molecule has 0 aromatic heterocycles. The third-order valence-corrected chi connectivity index (χ3v) is 6.63. The summed E-state index contributed by atoms with van der Waals surface area (Å²) in [5.74, 6) is 0.536. The number of amides is 2. The number of likely N-dealkylation sites (tertiary alicyclic amines) is 1. The largest absolute Gasteiger partial charge is 0.339 e. The molecule has 4 rings (SSSR count). The second-order valence-electron chi connectivity index (χ2n) is 8.45. The maximum absolute atomic E-state index is 13.1. The van der Waals surface area contributed by atoms with Gasteiger partial charge < -0.3 is 9.80 Å². The fourth-order valence-corrected chi connectivity index (χ4v) is 4.67. The van der Waals surface area contributed by atoms with Crippen molar-refractivity contribution in [3.8, 4) is 0 Å². The Bertz CT molecular complexity index is 678. The summed E-state index contributed by atoms with van der Waals surface area (Å²) >= 11 is 0. The van der Waals surface area contributed by atoms with Crippen LogP contribution in [0.2, 0.25) is 0 Å². The highest BCUT2D eigenvalue weighted by Gasteiger charge is 2.53. The summed E-state index contributed by atoms with van der Waals surface area (Å²) in [5.41, 5.74) is 0.884. The molecule has 1 unspecified atom stereocenters. The Balaban J connectivity index is 1.30. The summed E-state index contributed by atoms with van der Waals surface area (Å²) in [4.78, 5) is 32.1. The molecule has 5 nitrogen and oxygen atoms in total. The smallest absolute Gasteiger partial charge is 0.236 e. The van der Waals surface area contributed by atoms with Gasteiger partial charge in [0.15, 0.2) is 0 Å². The normalized spacial score (nSPS) is 25.3. The second-order valence-corrected chi connectivity index (χ2v) is 8.45. The lowest BCUT2D eigenvalue weighted by Crippen LogP contribution is -2.54. The molecule has 2 amide bonds. The molecule has 1 aromatic carbocycles. The minimum Gasteiger partial charge on any atom is -0.339 e. The van der Waals surface area contributed by atoms with Gasteiger partial charge in [-0.3, -0.25) is 14.5 Å². The quantitative estimate of drug-likeness (QED) is 0.818. The first-order valence-electron chi connectivity index (χ1n) is 10.5. The topological polar surface area (TPSA) is 43.9 Å². The van der Waals surface area contributed by atoms with Crippen molar-refractivity contribution in [2.24, 2.45) is 0 Å². The van der Waals surface area contributed by atoms with E-state index in [0.717, 1.165) is 64.0 Å². The highest BCUT2D eigenvalue weighted by molar-refractivity contribution is 5.91. The Morgan fingerprint density at radius 1 is 1.00 bits per heavy atom. The second kappa shape index (κ2) is 7.63. The molecule has 146 valence electrons. The van der Waals surface area contributed by atoms with Crippen LogP contribution in [0, 0.1) is 0 Å². The van der Waals surface area contributed by atoms with Crippen LogP contribution in [0.25, 0.3) is 0 Å². The zero-order chi connectivity index (χ0) is 18.9. The molecule has 1 aliphatic carbocycles. The molecule has 1 atom stereocenters. The molecule has 3 aliphatic rings. The van der Waals surface area contributed by atoms with Crippen LogP contribution < -0.4 is 0 Å². The van der Waals surface area contributed by atoms with Crippen LogP contribution in [0.4, 0.5) is 0 Å². The summed E-state index contributed by atoms with van der Waals surface area (Å²) in [7, 11) is 0. The highest BCUT2D eigenvalue weighted by atomic mass is 16.2. The molecule has 1 aromatic rings. The van der Waals surface area contributed by atoms with Crippen molar-refractivity contribution in [3.63, 3.8) is 0 Å². The van der Waals surface area contributed by atoms with Crippen LogP contribution in [-0.2, 0) is 15.0 Å². The van der Waals surface area contributed by atoms with E-state index in [-0.39, 0.29) is 17.2 Å². The maximum Gasteiger partial charge on any atom is 0.236 e. The van der Waals surface area contributed by atoms with Gasteiger partial charge in [-0.25, -0.2) is 0 Å². The molecule has 2 saturated heterocycles. The zero-order valence-electron chi connectivity index (χ0n) is 16.4. The summed E-state index contributed by atoms with van der Waals surface area (Å²) in [5, 5.41) is 0. The molecule has 1 saturated carbocycles. The lowest BCUT2D eigenvalue weighted by Gasteiger charge is -2.39. The lowest BCUT2D eigenvalue weighted by molar-refractivity contribution is -0.138. The summed E-state index contributed by atoms with van der Waals surface area (Å²) < 4.78 is 0. The molecular weight excluding hydrogens is 338 g/mol. The van der Waals surface area contributed by atoms with E-state index in [0.29, 0.717) is 12.6 Å². The highest BCUT2D eigenvalue weighted by Crippen LogP contribution is 2.49. The summed E-state index contributed by atoms with van der Waals surface area (Å²) in [6, 6.07) is 10.6. The van der Waals surface area contributed by atoms with Crippen LogP contribution in [0.3, 0.4) is 0 Å². The molecule has 0 N–H and O–H groups in total. The van der Waals surface area contributed by atoms with Gasteiger partial charge in [0.1, 0.15) is 0 Å². The Labute approximate surface area is 162 Å². The molecule has 27 heavy (non-hydrogen) atoms. The average Bonchev–Trinajstić information content (AvgIpc) is 3.51. The Morgan fingerprint density at radius 3 is 2.33 bits per heavy atom. The molecule has 3 fully saturated rings. The number of hydrogen-bond donors (Lipinski definition) is 0. The Morgan fingerprint density at radius 2 is 1.70 bits per heavy atom. The number of nitrogens with zero attached hydrogens (tertiary/aromatic N) is 3. The van der Waals surface area contributed by atoms with Gasteiger partial charge in [0.25, 0.3) is 0 Å². The minimum atomic E-state index is -0.275. The zero-order valence-corrected chi connectivity index (χ0v) is 16.4. The van der Waals surface area contributed by atoms with Crippen molar-refractivity contribution in [3.05, 3.63) is 35.9 Å². The fourth-order valence-electron chi connectivity index (χ4n) is 4.67. The first kappa shape index (κ1) is 18.5. The van der Waals surface area contributed by atoms with E-state index >= 15 is 0 Å². The third kappa shape index (κ3) is 3.75. The van der Waals surface area contributed by atoms with Crippen molar-refractivity contribution in [1.82, 2.24) is 14.7 Å². The molecular formula is C22H31N3O2. The molecule has 2 aliphatic heterocycles. The monoisotopic (exact) mass is 369 g/mol. The Kier molecular flexibility index (Phi) is 5.22. The van der Waals surface area contributed by atoms with E-state index in [1.54, 1.807) is 0 Å². The molecule has 0 radical (unpaired) electrons. The van der Waals surface area contributed by atoms with Gasteiger partial charge in [-0.2, -0.15) is 0 Å². The number of carbonyl (C=O) groups excluding carboxylic acids is 2. The molecule has 0 bridgehead atoms. The first-order chi connectivity index (χ1) is 13.1. The van der Waals surface area contributed by atoms with Gasteiger partial charge in [-0.05, 0) is 44.6 Å². The predicted molar refractivity (Wildman–Crippen MR) is 105 cm³/mol. The van der Waals surface area contributed by atoms with Gasteiger partial charge in [-0.1, -0.05) is 30.3 Å². The number of carbonyl (C=O) groups is 2. The molecule has 5 heteroatoms. The molecule has 0 spiro atoms. The van der Waals surface area contributed by atoms with Crippen molar-refractivity contribution in [1.29, 1.82) is 0 Å². The summed E-state index contributed by atoms with van der Waals surface area (Å²) in [6.45, 7) is 6.61. The fraction of sp³-hybridized carbons (Fsp3) is 0.636. The van der Waals surface area contributed by atoms with Crippen molar-refractivity contribution >= 4 is 11.8 Å². The SMILES string of the molecule is CC1CCCCN1C(=O)CN1CCN(C(=O)C2(c3ccccc3)CC2)CC1. The van der Waals surface area contributed by atoms with Crippen molar-refractivity contribution in [2.75, 3.05) is 39.3 Å². The Hall–Kier alpha value is -1.88. The van der Waals surface area contributed by atoms with Gasteiger partial charge >= 0.3 is 0 Å². The van der Waals surface area contributed by atoms with Crippen LogP contribution >= 0.6 is 0 Å². The van der Waals surface area contributed by atoms with E-state index in [1.807, 2.05) is 23.1 Å². The van der Waals surface area contributed by atoms with Gasteiger partial charge in [-0.15, -0.1) is 0 Å². The van der Waals surface area contributed by atoms with Gasteiger partial charge in [0, 0.05) is 38.8 Å². The van der Waals surface area contributed by atoms with E-state index < -0.39 is 0 Å². The van der Waals surface area contributed by atoms with Gasteiger partial charge in [0.2, 0.25) is 11.8 Å². The van der Waals surface area contributed by atoms with E-state index in [1.165, 1.54) is 6.42 Å².